The number of nitrogen functional groups attached to an aromatic ring is 1. The summed E-state index contributed by atoms with van der Waals surface area (Å²) in [5.74, 6) is -0.489. The molecule has 1 unspecified atom stereocenters. The Morgan fingerprint density at radius 2 is 1.85 bits per heavy atom. The molecule has 174 valence electrons. The first kappa shape index (κ1) is 26.3. The maximum absolute atomic E-state index is 12.3. The molecule has 1 atom stereocenters. The van der Waals surface area contributed by atoms with Crippen LogP contribution in [0.3, 0.4) is 0 Å². The summed E-state index contributed by atoms with van der Waals surface area (Å²) in [5, 5.41) is 16.6. The van der Waals surface area contributed by atoms with Crippen LogP contribution < -0.4 is 16.4 Å². The van der Waals surface area contributed by atoms with Crippen LogP contribution in [-0.4, -0.2) is 35.4 Å². The van der Waals surface area contributed by atoms with Gasteiger partial charge in [-0.25, -0.2) is 4.98 Å². The molecular weight excluding hydrogens is 463 g/mol. The number of carbonyl (C=O) groups excluding carboxylic acids is 2. The fourth-order valence-electron chi connectivity index (χ4n) is 2.60. The molecule has 9 heteroatoms. The number of aliphatic hydroxyl groups is 1. The van der Waals surface area contributed by atoms with E-state index in [-0.39, 0.29) is 11.4 Å². The Morgan fingerprint density at radius 1 is 1.15 bits per heavy atom. The minimum absolute atomic E-state index is 0.133. The highest BCUT2D eigenvalue weighted by Crippen LogP contribution is 2.31. The number of pyridine rings is 1. The average molecular weight is 489 g/mol. The number of amides is 1. The summed E-state index contributed by atoms with van der Waals surface area (Å²) in [6.45, 7) is 4.22. The van der Waals surface area contributed by atoms with E-state index in [1.54, 1.807) is 36.4 Å². The molecule has 0 bridgehead atoms. The fourth-order valence-corrected chi connectivity index (χ4v) is 3.09. The number of carbonyl (C=O) groups is 2. The van der Waals surface area contributed by atoms with Crippen LogP contribution in [0.25, 0.3) is 11.1 Å². The predicted octanol–water partition coefficient (Wildman–Crippen LogP) is 4.74. The van der Waals surface area contributed by atoms with Gasteiger partial charge in [0.15, 0.2) is 12.4 Å². The maximum atomic E-state index is 12.3. The SMILES string of the molecule is CNC(C)C.Nc1ncc(-c2ccc(NC(=O)C(O)c3cccc(Cl)c3)cc2Cl)cc1C=O. The van der Waals surface area contributed by atoms with Gasteiger partial charge in [-0.15, -0.1) is 0 Å². The van der Waals surface area contributed by atoms with E-state index in [0.717, 1.165) is 0 Å². The quantitative estimate of drug-likeness (QED) is 0.372. The minimum atomic E-state index is -1.38. The van der Waals surface area contributed by atoms with Crippen molar-refractivity contribution in [2.45, 2.75) is 26.0 Å². The second-order valence-electron chi connectivity index (χ2n) is 7.40. The van der Waals surface area contributed by atoms with Gasteiger partial charge >= 0.3 is 0 Å². The van der Waals surface area contributed by atoms with Crippen molar-refractivity contribution in [3.05, 3.63) is 75.9 Å². The molecule has 0 aliphatic heterocycles. The second-order valence-corrected chi connectivity index (χ2v) is 8.24. The highest BCUT2D eigenvalue weighted by Gasteiger charge is 2.18. The first-order valence-corrected chi connectivity index (χ1v) is 10.8. The van der Waals surface area contributed by atoms with Gasteiger partial charge < -0.3 is 21.5 Å². The summed E-state index contributed by atoms with van der Waals surface area (Å²) in [7, 11) is 1.95. The maximum Gasteiger partial charge on any atom is 0.257 e. The third kappa shape index (κ3) is 7.54. The van der Waals surface area contributed by atoms with Crippen molar-refractivity contribution in [1.82, 2.24) is 10.3 Å². The van der Waals surface area contributed by atoms with Gasteiger partial charge in [-0.3, -0.25) is 9.59 Å². The standard InChI is InChI=1S/C20H15Cl2N3O3.C4H11N/c21-14-3-1-2-11(7-14)18(27)20(28)25-15-4-5-16(17(22)8-15)12-6-13(10-26)19(23)24-9-12;1-4(2)5-3/h1-10,18,27H,(H2,23,24)(H,25,28);4-5H,1-3H3. The lowest BCUT2D eigenvalue weighted by Crippen LogP contribution is -2.20. The van der Waals surface area contributed by atoms with Crippen molar-refractivity contribution in [2.75, 3.05) is 18.1 Å². The summed E-state index contributed by atoms with van der Waals surface area (Å²) < 4.78 is 0. The molecule has 0 radical (unpaired) electrons. The third-order valence-corrected chi connectivity index (χ3v) is 5.16. The van der Waals surface area contributed by atoms with Crippen molar-refractivity contribution >= 4 is 46.9 Å². The third-order valence-electron chi connectivity index (χ3n) is 4.61. The molecule has 0 saturated heterocycles. The molecule has 0 aliphatic carbocycles. The van der Waals surface area contributed by atoms with Crippen LogP contribution in [0.4, 0.5) is 11.5 Å². The Labute approximate surface area is 202 Å². The summed E-state index contributed by atoms with van der Waals surface area (Å²) in [5.41, 5.74) is 7.89. The van der Waals surface area contributed by atoms with Crippen molar-refractivity contribution < 1.29 is 14.7 Å². The van der Waals surface area contributed by atoms with E-state index < -0.39 is 12.0 Å². The van der Waals surface area contributed by atoms with Gasteiger partial charge in [0.25, 0.3) is 5.91 Å². The number of benzene rings is 2. The zero-order valence-electron chi connectivity index (χ0n) is 18.5. The average Bonchev–Trinajstić information content (AvgIpc) is 2.79. The van der Waals surface area contributed by atoms with E-state index in [4.69, 9.17) is 28.9 Å². The number of rotatable bonds is 6. The first-order chi connectivity index (χ1) is 15.7. The van der Waals surface area contributed by atoms with Crippen molar-refractivity contribution in [2.24, 2.45) is 0 Å². The van der Waals surface area contributed by atoms with Crippen LogP contribution in [-0.2, 0) is 4.79 Å². The van der Waals surface area contributed by atoms with E-state index in [1.807, 2.05) is 7.05 Å². The van der Waals surface area contributed by atoms with Gasteiger partial charge in [0.05, 0.1) is 10.6 Å². The Bertz CT molecular complexity index is 1120. The van der Waals surface area contributed by atoms with E-state index in [2.05, 4.69) is 29.5 Å². The molecule has 1 amide bonds. The van der Waals surface area contributed by atoms with Gasteiger partial charge in [-0.1, -0.05) is 55.2 Å². The minimum Gasteiger partial charge on any atom is -0.383 e. The molecule has 33 heavy (non-hydrogen) atoms. The number of hydrogen-bond acceptors (Lipinski definition) is 6. The number of nitrogens with two attached hydrogens (primary N) is 1. The fraction of sp³-hybridized carbons (Fsp3) is 0.208. The van der Waals surface area contributed by atoms with Crippen LogP contribution >= 0.6 is 23.2 Å². The molecule has 2 aromatic carbocycles. The Morgan fingerprint density at radius 3 is 2.42 bits per heavy atom. The van der Waals surface area contributed by atoms with E-state index >= 15 is 0 Å². The molecule has 0 spiro atoms. The van der Waals surface area contributed by atoms with Crippen LogP contribution in [0.5, 0.6) is 0 Å². The van der Waals surface area contributed by atoms with Crippen molar-refractivity contribution in [3.63, 3.8) is 0 Å². The first-order valence-electron chi connectivity index (χ1n) is 10.1. The van der Waals surface area contributed by atoms with E-state index in [9.17, 15) is 14.7 Å². The van der Waals surface area contributed by atoms with E-state index in [1.165, 1.54) is 18.3 Å². The second kappa shape index (κ2) is 12.3. The zero-order chi connectivity index (χ0) is 24.5. The van der Waals surface area contributed by atoms with Crippen molar-refractivity contribution in [3.8, 4) is 11.1 Å². The van der Waals surface area contributed by atoms with Crippen molar-refractivity contribution in [1.29, 1.82) is 0 Å². The molecule has 3 rings (SSSR count). The lowest BCUT2D eigenvalue weighted by molar-refractivity contribution is -0.124. The number of aliphatic hydroxyl groups excluding tert-OH is 1. The molecule has 0 aliphatic rings. The van der Waals surface area contributed by atoms with Gasteiger partial charge in [-0.05, 0) is 42.9 Å². The van der Waals surface area contributed by atoms with Gasteiger partial charge in [0.1, 0.15) is 5.82 Å². The Hall–Kier alpha value is -2.97. The normalized spacial score (nSPS) is 11.4. The van der Waals surface area contributed by atoms with Gasteiger partial charge in [0, 0.05) is 34.1 Å². The molecule has 1 heterocycles. The lowest BCUT2D eigenvalue weighted by atomic mass is 10.0. The highest BCUT2D eigenvalue weighted by atomic mass is 35.5. The largest absolute Gasteiger partial charge is 0.383 e. The van der Waals surface area contributed by atoms with E-state index in [0.29, 0.717) is 44.8 Å². The van der Waals surface area contributed by atoms with Crippen LogP contribution in [0.15, 0.2) is 54.7 Å². The zero-order valence-corrected chi connectivity index (χ0v) is 20.0. The smallest absolute Gasteiger partial charge is 0.257 e. The molecule has 0 fully saturated rings. The number of aldehydes is 1. The lowest BCUT2D eigenvalue weighted by Gasteiger charge is -2.13. The monoisotopic (exact) mass is 488 g/mol. The molecule has 3 aromatic rings. The van der Waals surface area contributed by atoms with Crippen LogP contribution in [0.1, 0.15) is 35.9 Å². The molecule has 7 nitrogen and oxygen atoms in total. The number of anilines is 2. The molecule has 0 saturated carbocycles. The number of hydrogen-bond donors (Lipinski definition) is 4. The summed E-state index contributed by atoms with van der Waals surface area (Å²) in [6.07, 6.45) is 0.740. The van der Waals surface area contributed by atoms with Gasteiger partial charge in [0.2, 0.25) is 0 Å². The summed E-state index contributed by atoms with van der Waals surface area (Å²) in [4.78, 5) is 27.3. The molecule has 1 aromatic heterocycles. The van der Waals surface area contributed by atoms with Gasteiger partial charge in [-0.2, -0.15) is 0 Å². The molecule has 5 N–H and O–H groups in total. The van der Waals surface area contributed by atoms with Crippen LogP contribution in [0, 0.1) is 0 Å². The Kier molecular flexibility index (Phi) is 9.81. The topological polar surface area (TPSA) is 117 Å². The van der Waals surface area contributed by atoms with Crippen LogP contribution in [0.2, 0.25) is 10.0 Å². The number of halogens is 2. The number of nitrogens with one attached hydrogen (secondary N) is 2. The number of aromatic nitrogens is 1. The summed E-state index contributed by atoms with van der Waals surface area (Å²) in [6, 6.07) is 13.5. The predicted molar refractivity (Wildman–Crippen MR) is 134 cm³/mol. The molecular formula is C24H26Cl2N4O3. The Balaban J connectivity index is 0.000000696. The summed E-state index contributed by atoms with van der Waals surface area (Å²) >= 11 is 12.2. The highest BCUT2D eigenvalue weighted by molar-refractivity contribution is 6.33. The number of nitrogens with zero attached hydrogens (tertiary/aromatic N) is 1.